The van der Waals surface area contributed by atoms with E-state index in [1.54, 1.807) is 32.6 Å². The molecule has 0 saturated heterocycles. The van der Waals surface area contributed by atoms with Gasteiger partial charge in [-0.3, -0.25) is 4.79 Å². The number of hydrogen-bond acceptors (Lipinski definition) is 6. The van der Waals surface area contributed by atoms with Crippen molar-refractivity contribution in [3.05, 3.63) is 29.8 Å². The molecule has 1 aromatic rings. The van der Waals surface area contributed by atoms with Gasteiger partial charge in [0, 0.05) is 18.0 Å². The number of methoxy groups -OCH3 is 1. The number of carbonyl (C=O) groups excluding carboxylic acids is 3. The van der Waals surface area contributed by atoms with E-state index in [1.165, 1.54) is 7.11 Å². The van der Waals surface area contributed by atoms with E-state index in [1.807, 2.05) is 24.3 Å². The Morgan fingerprint density at radius 3 is 2.59 bits per heavy atom. The topological polar surface area (TPSA) is 94.2 Å². The molecule has 29 heavy (non-hydrogen) atoms. The molecule has 1 N–H and O–H groups in total. The fourth-order valence-electron chi connectivity index (χ4n) is 3.09. The number of carbonyl (C=O) groups is 3. The summed E-state index contributed by atoms with van der Waals surface area (Å²) in [5.41, 5.74) is 0.230. The third kappa shape index (κ3) is 6.66. The summed E-state index contributed by atoms with van der Waals surface area (Å²) in [6.07, 6.45) is -0.631. The number of benzene rings is 1. The Morgan fingerprint density at radius 1 is 1.24 bits per heavy atom. The maximum atomic E-state index is 13.0. The number of alkyl carbamates (subject to hydrolysis) is 1. The van der Waals surface area contributed by atoms with Crippen molar-refractivity contribution in [1.82, 2.24) is 10.2 Å². The molecule has 0 spiro atoms. The van der Waals surface area contributed by atoms with Gasteiger partial charge in [0.2, 0.25) is 5.91 Å². The fraction of sp³-hybridized carbons (Fsp3) is 0.571. The van der Waals surface area contributed by atoms with Crippen molar-refractivity contribution in [3.8, 4) is 5.75 Å². The average Bonchev–Trinajstić information content (AvgIpc) is 2.87. The van der Waals surface area contributed by atoms with E-state index >= 15 is 0 Å². The summed E-state index contributed by atoms with van der Waals surface area (Å²) in [5.74, 6) is -0.487. The Labute approximate surface area is 171 Å². The molecule has 0 saturated carbocycles. The zero-order valence-electron chi connectivity index (χ0n) is 17.7. The second kappa shape index (κ2) is 9.62. The van der Waals surface area contributed by atoms with Crippen molar-refractivity contribution in [2.75, 3.05) is 20.3 Å². The molecule has 0 aromatic heterocycles. The Hall–Kier alpha value is -2.77. The number of ether oxygens (including phenoxy) is 3. The average molecular weight is 406 g/mol. The summed E-state index contributed by atoms with van der Waals surface area (Å²) in [4.78, 5) is 38.9. The van der Waals surface area contributed by atoms with Crippen LogP contribution in [0.15, 0.2) is 24.3 Å². The number of hydrogen-bond donors (Lipinski definition) is 1. The van der Waals surface area contributed by atoms with Crippen LogP contribution in [-0.2, 0) is 25.6 Å². The summed E-state index contributed by atoms with van der Waals surface area (Å²) in [5, 5.41) is 2.51. The van der Waals surface area contributed by atoms with Crippen LogP contribution in [0.4, 0.5) is 4.79 Å². The van der Waals surface area contributed by atoms with E-state index in [2.05, 4.69) is 5.32 Å². The van der Waals surface area contributed by atoms with Crippen LogP contribution in [0.1, 0.15) is 39.7 Å². The van der Waals surface area contributed by atoms with Crippen LogP contribution in [0, 0.1) is 5.92 Å². The molecule has 0 bridgehead atoms. The van der Waals surface area contributed by atoms with Gasteiger partial charge in [0.05, 0.1) is 13.7 Å². The Balaban J connectivity index is 2.04. The maximum absolute atomic E-state index is 13.0. The molecular weight excluding hydrogens is 376 g/mol. The highest BCUT2D eigenvalue weighted by Crippen LogP contribution is 2.24. The lowest BCUT2D eigenvalue weighted by molar-refractivity contribution is -0.144. The van der Waals surface area contributed by atoms with E-state index < -0.39 is 29.6 Å². The van der Waals surface area contributed by atoms with E-state index in [-0.39, 0.29) is 12.3 Å². The number of para-hydroxylation sites is 1. The van der Waals surface area contributed by atoms with Gasteiger partial charge >= 0.3 is 12.1 Å². The molecule has 2 rings (SSSR count). The van der Waals surface area contributed by atoms with Gasteiger partial charge in [-0.25, -0.2) is 9.59 Å². The lowest BCUT2D eigenvalue weighted by atomic mass is 9.99. The standard InChI is InChI=1S/C21H30N2O6/c1-14(12-16(19(25)27-5)22-20(26)29-21(2,3)4)18(24)23-10-11-28-17-9-7-6-8-15(17)13-23/h6-9,14,16H,10-13H2,1-5H3,(H,22,26)/t14?,16-/m0/s1. The predicted octanol–water partition coefficient (Wildman–Crippen LogP) is 2.50. The molecule has 0 fully saturated rings. The molecule has 1 heterocycles. The van der Waals surface area contributed by atoms with Crippen molar-refractivity contribution < 1.29 is 28.6 Å². The quantitative estimate of drug-likeness (QED) is 0.755. The summed E-state index contributed by atoms with van der Waals surface area (Å²) in [6.45, 7) is 8.18. The summed E-state index contributed by atoms with van der Waals surface area (Å²) in [7, 11) is 1.24. The Bertz CT molecular complexity index is 743. The normalized spacial score (nSPS) is 15.8. The van der Waals surface area contributed by atoms with Crippen LogP contribution in [-0.4, -0.2) is 54.8 Å². The van der Waals surface area contributed by atoms with Crippen LogP contribution < -0.4 is 10.1 Å². The van der Waals surface area contributed by atoms with Crippen molar-refractivity contribution in [3.63, 3.8) is 0 Å². The van der Waals surface area contributed by atoms with Crippen molar-refractivity contribution in [1.29, 1.82) is 0 Å². The van der Waals surface area contributed by atoms with Crippen LogP contribution in [0.2, 0.25) is 0 Å². The van der Waals surface area contributed by atoms with Crippen LogP contribution in [0.3, 0.4) is 0 Å². The maximum Gasteiger partial charge on any atom is 0.408 e. The Kier molecular flexibility index (Phi) is 7.47. The SMILES string of the molecule is COC(=O)[C@H](CC(C)C(=O)N1CCOc2ccccc2C1)NC(=O)OC(C)(C)C. The third-order valence-corrected chi connectivity index (χ3v) is 4.45. The Morgan fingerprint density at radius 2 is 1.93 bits per heavy atom. The molecule has 1 aromatic carbocycles. The first-order valence-corrected chi connectivity index (χ1v) is 9.67. The van der Waals surface area contributed by atoms with Gasteiger partial charge in [-0.15, -0.1) is 0 Å². The van der Waals surface area contributed by atoms with Gasteiger partial charge in [0.25, 0.3) is 0 Å². The van der Waals surface area contributed by atoms with Gasteiger partial charge in [0.15, 0.2) is 0 Å². The summed E-state index contributed by atoms with van der Waals surface area (Å²) >= 11 is 0. The molecule has 0 radical (unpaired) electrons. The zero-order chi connectivity index (χ0) is 21.6. The number of esters is 1. The fourth-order valence-corrected chi connectivity index (χ4v) is 3.09. The molecule has 0 aliphatic carbocycles. The lowest BCUT2D eigenvalue weighted by Crippen LogP contribution is -2.46. The smallest absolute Gasteiger partial charge is 0.408 e. The molecule has 2 atom stereocenters. The minimum atomic E-state index is -0.982. The van der Waals surface area contributed by atoms with Gasteiger partial charge in [-0.1, -0.05) is 25.1 Å². The monoisotopic (exact) mass is 406 g/mol. The highest BCUT2D eigenvalue weighted by Gasteiger charge is 2.31. The van der Waals surface area contributed by atoms with Crippen LogP contribution in [0.25, 0.3) is 0 Å². The van der Waals surface area contributed by atoms with Crippen molar-refractivity contribution in [2.24, 2.45) is 5.92 Å². The molecule has 8 heteroatoms. The van der Waals surface area contributed by atoms with E-state index in [4.69, 9.17) is 14.2 Å². The number of rotatable bonds is 5. The molecule has 2 amide bonds. The third-order valence-electron chi connectivity index (χ3n) is 4.45. The highest BCUT2D eigenvalue weighted by atomic mass is 16.6. The van der Waals surface area contributed by atoms with E-state index in [0.717, 1.165) is 11.3 Å². The number of nitrogens with one attached hydrogen (secondary N) is 1. The summed E-state index contributed by atoms with van der Waals surface area (Å²) in [6, 6.07) is 6.61. The molecular formula is C21H30N2O6. The minimum absolute atomic E-state index is 0.101. The first kappa shape index (κ1) is 22.5. The van der Waals surface area contributed by atoms with E-state index in [0.29, 0.717) is 19.7 Å². The first-order valence-electron chi connectivity index (χ1n) is 9.67. The molecule has 1 aliphatic heterocycles. The van der Waals surface area contributed by atoms with Crippen LogP contribution in [0.5, 0.6) is 5.75 Å². The largest absolute Gasteiger partial charge is 0.491 e. The molecule has 1 aliphatic rings. The van der Waals surface area contributed by atoms with Gasteiger partial charge in [-0.2, -0.15) is 0 Å². The van der Waals surface area contributed by atoms with Gasteiger partial charge < -0.3 is 24.4 Å². The number of amides is 2. The number of fused-ring (bicyclic) bond motifs is 1. The predicted molar refractivity (Wildman–Crippen MR) is 106 cm³/mol. The minimum Gasteiger partial charge on any atom is -0.491 e. The van der Waals surface area contributed by atoms with Gasteiger partial charge in [-0.05, 0) is 33.3 Å². The molecule has 1 unspecified atom stereocenters. The zero-order valence-corrected chi connectivity index (χ0v) is 17.7. The van der Waals surface area contributed by atoms with Gasteiger partial charge in [0.1, 0.15) is 24.0 Å². The second-order valence-corrected chi connectivity index (χ2v) is 8.07. The summed E-state index contributed by atoms with van der Waals surface area (Å²) < 4.78 is 15.7. The molecule has 160 valence electrons. The second-order valence-electron chi connectivity index (χ2n) is 8.07. The lowest BCUT2D eigenvalue weighted by Gasteiger charge is -2.27. The van der Waals surface area contributed by atoms with Crippen molar-refractivity contribution >= 4 is 18.0 Å². The molecule has 8 nitrogen and oxygen atoms in total. The van der Waals surface area contributed by atoms with Crippen LogP contribution >= 0.6 is 0 Å². The van der Waals surface area contributed by atoms with E-state index in [9.17, 15) is 14.4 Å². The highest BCUT2D eigenvalue weighted by molar-refractivity contribution is 5.83. The first-order chi connectivity index (χ1) is 13.6. The number of nitrogens with zero attached hydrogens (tertiary/aromatic N) is 1. The van der Waals surface area contributed by atoms with Crippen molar-refractivity contribution in [2.45, 2.75) is 52.3 Å².